The Bertz CT molecular complexity index is 570. The molecule has 0 aliphatic carbocycles. The number of likely N-dealkylation sites (N-methyl/N-ethyl adjacent to an activating group) is 1. The summed E-state index contributed by atoms with van der Waals surface area (Å²) in [7, 11) is 1.85. The van der Waals surface area contributed by atoms with Gasteiger partial charge in [-0.1, -0.05) is 24.6 Å². The van der Waals surface area contributed by atoms with Gasteiger partial charge in [0.25, 0.3) is 0 Å². The van der Waals surface area contributed by atoms with E-state index in [1.165, 1.54) is 12.1 Å². The third-order valence-corrected chi connectivity index (χ3v) is 3.53. The Morgan fingerprint density at radius 2 is 2.25 bits per heavy atom. The monoisotopic (exact) mass is 296 g/mol. The first-order valence-electron chi connectivity index (χ1n) is 6.64. The van der Waals surface area contributed by atoms with Gasteiger partial charge in [0.1, 0.15) is 18.0 Å². The molecule has 1 N–H and O–H groups in total. The highest BCUT2D eigenvalue weighted by Gasteiger charge is 2.17. The molecule has 1 aromatic carbocycles. The maximum absolute atomic E-state index is 13.1. The molecule has 6 heteroatoms. The van der Waals surface area contributed by atoms with Gasteiger partial charge >= 0.3 is 0 Å². The molecule has 0 radical (unpaired) electrons. The van der Waals surface area contributed by atoms with E-state index in [9.17, 15) is 4.39 Å². The summed E-state index contributed by atoms with van der Waals surface area (Å²) in [5.74, 6) is 0.564. The predicted octanol–water partition coefficient (Wildman–Crippen LogP) is 2.98. The minimum absolute atomic E-state index is 0.0251. The average Bonchev–Trinajstić information content (AvgIpc) is 2.84. The van der Waals surface area contributed by atoms with Gasteiger partial charge in [0, 0.05) is 24.0 Å². The van der Waals surface area contributed by atoms with Crippen LogP contribution in [0.25, 0.3) is 0 Å². The molecule has 0 bridgehead atoms. The van der Waals surface area contributed by atoms with E-state index in [1.807, 2.05) is 11.7 Å². The summed E-state index contributed by atoms with van der Waals surface area (Å²) in [6.45, 7) is 2.93. The lowest BCUT2D eigenvalue weighted by Crippen LogP contribution is -2.21. The number of hydrogen-bond acceptors (Lipinski definition) is 3. The molecule has 0 aliphatic rings. The third-order valence-electron chi connectivity index (χ3n) is 3.20. The Labute approximate surface area is 123 Å². The van der Waals surface area contributed by atoms with Crippen LogP contribution in [0.5, 0.6) is 0 Å². The van der Waals surface area contributed by atoms with E-state index in [1.54, 1.807) is 12.4 Å². The van der Waals surface area contributed by atoms with Crippen LogP contribution in [0.3, 0.4) is 0 Å². The van der Waals surface area contributed by atoms with E-state index < -0.39 is 0 Å². The smallest absolute Gasteiger partial charge is 0.138 e. The molecule has 20 heavy (non-hydrogen) atoms. The van der Waals surface area contributed by atoms with Crippen LogP contribution in [0.15, 0.2) is 24.5 Å². The zero-order chi connectivity index (χ0) is 14.5. The molecule has 4 nitrogen and oxygen atoms in total. The fourth-order valence-electron chi connectivity index (χ4n) is 2.18. The SMILES string of the molecule is CCCn1ncnc1CC(NC)c1ccc(F)cc1Cl. The van der Waals surface area contributed by atoms with E-state index in [0.717, 1.165) is 24.4 Å². The normalized spacial score (nSPS) is 12.6. The van der Waals surface area contributed by atoms with Crippen LogP contribution in [-0.2, 0) is 13.0 Å². The van der Waals surface area contributed by atoms with Gasteiger partial charge in [-0.25, -0.2) is 9.37 Å². The van der Waals surface area contributed by atoms with Crippen LogP contribution in [0.1, 0.15) is 30.8 Å². The van der Waals surface area contributed by atoms with Gasteiger partial charge in [-0.15, -0.1) is 0 Å². The molecule has 1 atom stereocenters. The highest BCUT2D eigenvalue weighted by molar-refractivity contribution is 6.31. The maximum Gasteiger partial charge on any atom is 0.138 e. The van der Waals surface area contributed by atoms with Gasteiger partial charge in [0.05, 0.1) is 0 Å². The first kappa shape index (κ1) is 14.9. The number of rotatable bonds is 6. The summed E-state index contributed by atoms with van der Waals surface area (Å²) in [6.07, 6.45) is 3.21. The van der Waals surface area contributed by atoms with Crippen molar-refractivity contribution in [2.45, 2.75) is 32.4 Å². The van der Waals surface area contributed by atoms with Crippen LogP contribution in [-0.4, -0.2) is 21.8 Å². The summed E-state index contributed by atoms with van der Waals surface area (Å²) >= 11 is 6.12. The van der Waals surface area contributed by atoms with Crippen molar-refractivity contribution >= 4 is 11.6 Å². The van der Waals surface area contributed by atoms with Gasteiger partial charge < -0.3 is 5.32 Å². The first-order valence-corrected chi connectivity index (χ1v) is 7.02. The molecule has 0 saturated heterocycles. The highest BCUT2D eigenvalue weighted by Crippen LogP contribution is 2.26. The third kappa shape index (κ3) is 3.35. The maximum atomic E-state index is 13.1. The Hall–Kier alpha value is -1.46. The minimum Gasteiger partial charge on any atom is -0.313 e. The van der Waals surface area contributed by atoms with Gasteiger partial charge in [0.2, 0.25) is 0 Å². The minimum atomic E-state index is -0.331. The van der Waals surface area contributed by atoms with Crippen LogP contribution in [0.2, 0.25) is 5.02 Å². The Morgan fingerprint density at radius 3 is 2.90 bits per heavy atom. The predicted molar refractivity (Wildman–Crippen MR) is 77.2 cm³/mol. The fourth-order valence-corrected chi connectivity index (χ4v) is 2.48. The Morgan fingerprint density at radius 1 is 1.45 bits per heavy atom. The average molecular weight is 297 g/mol. The van der Waals surface area contributed by atoms with Crippen molar-refractivity contribution in [3.05, 3.63) is 46.8 Å². The molecule has 2 aromatic rings. The second-order valence-corrected chi connectivity index (χ2v) is 5.02. The molecular formula is C14H18ClFN4. The standard InChI is InChI=1S/C14H18ClFN4/c1-3-6-20-14(18-9-19-20)8-13(17-2)11-5-4-10(16)7-12(11)15/h4-5,7,9,13,17H,3,6,8H2,1-2H3. The second kappa shape index (κ2) is 6.81. The lowest BCUT2D eigenvalue weighted by atomic mass is 10.0. The first-order chi connectivity index (χ1) is 9.65. The number of aryl methyl sites for hydroxylation is 1. The highest BCUT2D eigenvalue weighted by atomic mass is 35.5. The van der Waals surface area contributed by atoms with Crippen molar-refractivity contribution in [3.8, 4) is 0 Å². The molecule has 0 spiro atoms. The van der Waals surface area contributed by atoms with Crippen LogP contribution < -0.4 is 5.32 Å². The number of hydrogen-bond donors (Lipinski definition) is 1. The summed E-state index contributed by atoms with van der Waals surface area (Å²) in [4.78, 5) is 4.29. The molecule has 1 unspecified atom stereocenters. The largest absolute Gasteiger partial charge is 0.313 e. The summed E-state index contributed by atoms with van der Waals surface area (Å²) in [6, 6.07) is 4.43. The summed E-state index contributed by atoms with van der Waals surface area (Å²) < 4.78 is 15.0. The van der Waals surface area contributed by atoms with E-state index in [2.05, 4.69) is 22.3 Å². The van der Waals surface area contributed by atoms with Crippen molar-refractivity contribution in [2.75, 3.05) is 7.05 Å². The number of nitrogens with one attached hydrogen (secondary N) is 1. The van der Waals surface area contributed by atoms with Gasteiger partial charge in [-0.2, -0.15) is 5.10 Å². The van der Waals surface area contributed by atoms with E-state index in [4.69, 9.17) is 11.6 Å². The molecule has 0 aliphatic heterocycles. The van der Waals surface area contributed by atoms with Gasteiger partial charge in [0.15, 0.2) is 0 Å². The topological polar surface area (TPSA) is 42.7 Å². The van der Waals surface area contributed by atoms with Crippen molar-refractivity contribution < 1.29 is 4.39 Å². The number of aromatic nitrogens is 3. The number of benzene rings is 1. The second-order valence-electron chi connectivity index (χ2n) is 4.61. The quantitative estimate of drug-likeness (QED) is 0.891. The van der Waals surface area contributed by atoms with Crippen molar-refractivity contribution in [3.63, 3.8) is 0 Å². The van der Waals surface area contributed by atoms with Crippen molar-refractivity contribution in [2.24, 2.45) is 0 Å². The zero-order valence-corrected chi connectivity index (χ0v) is 12.4. The molecule has 0 fully saturated rings. The zero-order valence-electron chi connectivity index (χ0n) is 11.6. The molecule has 2 rings (SSSR count). The molecular weight excluding hydrogens is 279 g/mol. The summed E-state index contributed by atoms with van der Waals surface area (Å²) in [5.41, 5.74) is 0.863. The molecule has 0 amide bonds. The molecule has 1 aromatic heterocycles. The molecule has 1 heterocycles. The van der Waals surface area contributed by atoms with Crippen LogP contribution in [0, 0.1) is 5.82 Å². The lowest BCUT2D eigenvalue weighted by molar-refractivity contribution is 0.516. The number of nitrogens with zero attached hydrogens (tertiary/aromatic N) is 3. The van der Waals surface area contributed by atoms with Crippen molar-refractivity contribution in [1.29, 1.82) is 0 Å². The van der Waals surface area contributed by atoms with Gasteiger partial charge in [-0.05, 0) is 31.2 Å². The molecule has 108 valence electrons. The van der Waals surface area contributed by atoms with Crippen molar-refractivity contribution in [1.82, 2.24) is 20.1 Å². The van der Waals surface area contributed by atoms with E-state index in [0.29, 0.717) is 11.4 Å². The van der Waals surface area contributed by atoms with Gasteiger partial charge in [-0.3, -0.25) is 4.68 Å². The summed E-state index contributed by atoms with van der Waals surface area (Å²) in [5, 5.41) is 7.83. The number of halogens is 2. The molecule has 0 saturated carbocycles. The van der Waals surface area contributed by atoms with E-state index >= 15 is 0 Å². The Balaban J connectivity index is 2.22. The van der Waals surface area contributed by atoms with E-state index in [-0.39, 0.29) is 11.9 Å². The van der Waals surface area contributed by atoms with Crippen LogP contribution in [0.4, 0.5) is 4.39 Å². The lowest BCUT2D eigenvalue weighted by Gasteiger charge is -2.18. The van der Waals surface area contributed by atoms with Crippen LogP contribution >= 0.6 is 11.6 Å². The fraction of sp³-hybridized carbons (Fsp3) is 0.429. The Kier molecular flexibility index (Phi) is 5.09.